The summed E-state index contributed by atoms with van der Waals surface area (Å²) in [5.74, 6) is 0.654. The lowest BCUT2D eigenvalue weighted by Crippen LogP contribution is -2.30. The Bertz CT molecular complexity index is 2790. The predicted octanol–water partition coefficient (Wildman–Crippen LogP) is 6.65. The molecule has 0 saturated heterocycles. The zero-order chi connectivity index (χ0) is 39.1. The Morgan fingerprint density at radius 2 is 0.946 bits per heavy atom. The third-order valence-electron chi connectivity index (χ3n) is 10.5. The molecule has 0 unspecified atom stereocenters. The van der Waals surface area contributed by atoms with Crippen molar-refractivity contribution in [3.63, 3.8) is 0 Å². The lowest BCUT2D eigenvalue weighted by molar-refractivity contribution is -0.131. The van der Waals surface area contributed by atoms with Crippen molar-refractivity contribution in [2.45, 2.75) is 44.4 Å². The van der Waals surface area contributed by atoms with Crippen molar-refractivity contribution in [2.24, 2.45) is 0 Å². The van der Waals surface area contributed by atoms with Crippen LogP contribution in [0.1, 0.15) is 50.2 Å². The van der Waals surface area contributed by atoms with Crippen LogP contribution in [0.15, 0.2) is 128 Å². The second-order valence-electron chi connectivity index (χ2n) is 13.8. The van der Waals surface area contributed by atoms with Crippen LogP contribution in [-0.4, -0.2) is 28.4 Å². The number of esters is 1. The van der Waals surface area contributed by atoms with E-state index in [1.54, 1.807) is 19.2 Å². The fourth-order valence-corrected chi connectivity index (χ4v) is 7.85. The Kier molecular flexibility index (Phi) is 9.17. The van der Waals surface area contributed by atoms with Gasteiger partial charge in [-0.3, -0.25) is 24.0 Å². The minimum absolute atomic E-state index is 0.0146. The van der Waals surface area contributed by atoms with E-state index >= 15 is 0 Å². The highest BCUT2D eigenvalue weighted by molar-refractivity contribution is 5.98. The molecule has 12 heteroatoms. The summed E-state index contributed by atoms with van der Waals surface area (Å²) in [6, 6.07) is 29.8. The third kappa shape index (κ3) is 6.34. The first-order chi connectivity index (χ1) is 27.1. The number of hydrogen-bond acceptors (Lipinski definition) is 10. The number of benzene rings is 5. The Morgan fingerprint density at radius 1 is 0.518 bits per heavy atom. The highest BCUT2D eigenvalue weighted by Gasteiger charge is 2.35. The van der Waals surface area contributed by atoms with Gasteiger partial charge in [0, 0.05) is 24.5 Å². The van der Waals surface area contributed by atoms with Crippen LogP contribution in [0, 0.1) is 0 Å². The molecule has 8 rings (SSSR count). The largest absolute Gasteiger partial charge is 0.519 e. The number of carbonyl (C=O) groups is 2. The molecule has 280 valence electrons. The molecule has 2 heterocycles. The SMILES string of the molecule is COc1ccc(C2(c3ccc(OC(=O)Oc4cccc(-n5c(=O)c6cc7c(=O)n(-c8cccc(OC(C)=O)c8)c(=O)c7cc6c5=O)c4)cc3)CCCCC2)cc1. The molecule has 0 radical (unpaired) electrons. The maximum absolute atomic E-state index is 13.7. The lowest BCUT2D eigenvalue weighted by Gasteiger charge is -2.38. The van der Waals surface area contributed by atoms with E-state index in [0.717, 1.165) is 46.1 Å². The van der Waals surface area contributed by atoms with Gasteiger partial charge >= 0.3 is 12.1 Å². The molecule has 1 fully saturated rings. The van der Waals surface area contributed by atoms with Gasteiger partial charge in [0.1, 0.15) is 23.0 Å². The van der Waals surface area contributed by atoms with Crippen LogP contribution in [0.5, 0.6) is 23.0 Å². The van der Waals surface area contributed by atoms with Gasteiger partial charge in [-0.25, -0.2) is 13.9 Å². The molecule has 1 aliphatic carbocycles. The molecule has 0 aliphatic heterocycles. The molecule has 0 atom stereocenters. The van der Waals surface area contributed by atoms with Crippen molar-refractivity contribution in [1.82, 2.24) is 9.13 Å². The number of aromatic nitrogens is 2. The molecule has 56 heavy (non-hydrogen) atoms. The molecule has 0 N–H and O–H groups in total. The second-order valence-corrected chi connectivity index (χ2v) is 13.8. The summed E-state index contributed by atoms with van der Waals surface area (Å²) in [6.45, 7) is 1.22. The van der Waals surface area contributed by atoms with Crippen LogP contribution in [0.3, 0.4) is 0 Å². The third-order valence-corrected chi connectivity index (χ3v) is 10.5. The molecule has 2 aromatic heterocycles. The second kappa shape index (κ2) is 14.3. The van der Waals surface area contributed by atoms with Crippen molar-refractivity contribution in [3.05, 3.63) is 162 Å². The summed E-state index contributed by atoms with van der Waals surface area (Å²) in [6.07, 6.45) is 4.37. The average Bonchev–Trinajstić information content (AvgIpc) is 3.60. The summed E-state index contributed by atoms with van der Waals surface area (Å²) in [4.78, 5) is 78.6. The van der Waals surface area contributed by atoms with Crippen LogP contribution in [0.2, 0.25) is 0 Å². The Hall–Kier alpha value is -7.08. The molecular weight excluding hydrogens is 716 g/mol. The lowest BCUT2D eigenvalue weighted by atomic mass is 9.65. The quantitative estimate of drug-likeness (QED) is 0.0939. The first-order valence-corrected chi connectivity index (χ1v) is 18.1. The minimum Gasteiger partial charge on any atom is -0.497 e. The average molecular weight is 751 g/mol. The predicted molar refractivity (Wildman–Crippen MR) is 209 cm³/mol. The molecular formula is C44H34N2O10. The summed E-state index contributed by atoms with van der Waals surface area (Å²) in [5, 5.41) is -0.252. The van der Waals surface area contributed by atoms with E-state index < -0.39 is 34.4 Å². The Morgan fingerprint density at radius 3 is 1.39 bits per heavy atom. The minimum atomic E-state index is -1.02. The number of rotatable bonds is 8. The van der Waals surface area contributed by atoms with E-state index in [4.69, 9.17) is 18.9 Å². The zero-order valence-corrected chi connectivity index (χ0v) is 30.4. The van der Waals surface area contributed by atoms with Crippen LogP contribution in [-0.2, 0) is 10.2 Å². The zero-order valence-electron chi connectivity index (χ0n) is 30.4. The van der Waals surface area contributed by atoms with E-state index in [-0.39, 0.29) is 55.6 Å². The normalized spacial score (nSPS) is 13.8. The molecule has 1 aliphatic rings. The maximum atomic E-state index is 13.7. The monoisotopic (exact) mass is 750 g/mol. The van der Waals surface area contributed by atoms with E-state index in [9.17, 15) is 28.8 Å². The van der Waals surface area contributed by atoms with Crippen LogP contribution >= 0.6 is 0 Å². The van der Waals surface area contributed by atoms with E-state index in [2.05, 4.69) is 12.1 Å². The van der Waals surface area contributed by atoms with Gasteiger partial charge in [-0.1, -0.05) is 55.7 Å². The Balaban J connectivity index is 1.03. The smallest absolute Gasteiger partial charge is 0.497 e. The van der Waals surface area contributed by atoms with Gasteiger partial charge in [0.25, 0.3) is 22.2 Å². The molecule has 7 aromatic rings. The van der Waals surface area contributed by atoms with Gasteiger partial charge < -0.3 is 18.9 Å². The van der Waals surface area contributed by atoms with Crippen molar-refractivity contribution in [2.75, 3.05) is 7.11 Å². The number of carbonyl (C=O) groups excluding carboxylic acids is 2. The summed E-state index contributed by atoms with van der Waals surface area (Å²) in [5.41, 5.74) is -0.451. The van der Waals surface area contributed by atoms with Crippen molar-refractivity contribution in [3.8, 4) is 34.4 Å². The summed E-state index contributed by atoms with van der Waals surface area (Å²) in [7, 11) is 1.65. The van der Waals surface area contributed by atoms with Crippen LogP contribution < -0.4 is 41.2 Å². The summed E-state index contributed by atoms with van der Waals surface area (Å²) >= 11 is 0. The first-order valence-electron chi connectivity index (χ1n) is 18.1. The van der Waals surface area contributed by atoms with Crippen LogP contribution in [0.4, 0.5) is 4.79 Å². The van der Waals surface area contributed by atoms with Gasteiger partial charge in [0.05, 0.1) is 40.0 Å². The van der Waals surface area contributed by atoms with Crippen molar-refractivity contribution < 1.29 is 28.5 Å². The number of methoxy groups -OCH3 is 1. The van der Waals surface area contributed by atoms with Gasteiger partial charge in [0.15, 0.2) is 0 Å². The number of ether oxygens (including phenoxy) is 4. The molecule has 5 aromatic carbocycles. The van der Waals surface area contributed by atoms with Gasteiger partial charge in [-0.2, -0.15) is 0 Å². The van der Waals surface area contributed by atoms with Crippen molar-refractivity contribution in [1.29, 1.82) is 0 Å². The summed E-state index contributed by atoms with van der Waals surface area (Å²) < 4.78 is 23.2. The van der Waals surface area contributed by atoms with E-state index in [1.165, 1.54) is 79.6 Å². The molecule has 1 saturated carbocycles. The fourth-order valence-electron chi connectivity index (χ4n) is 7.85. The highest BCUT2D eigenvalue weighted by Crippen LogP contribution is 2.45. The molecule has 12 nitrogen and oxygen atoms in total. The number of hydrogen-bond donors (Lipinski definition) is 0. The van der Waals surface area contributed by atoms with Gasteiger partial charge in [-0.15, -0.1) is 0 Å². The topological polar surface area (TPSA) is 149 Å². The molecule has 0 bridgehead atoms. The number of fused-ring (bicyclic) bond motifs is 2. The Labute approximate surface area is 318 Å². The van der Waals surface area contributed by atoms with E-state index in [0.29, 0.717) is 0 Å². The molecule has 0 spiro atoms. The molecule has 0 amide bonds. The number of nitrogens with zero attached hydrogens (tertiary/aromatic N) is 2. The van der Waals surface area contributed by atoms with Gasteiger partial charge in [0.2, 0.25) is 0 Å². The maximum Gasteiger partial charge on any atom is 0.519 e. The van der Waals surface area contributed by atoms with E-state index in [1.807, 2.05) is 24.3 Å². The van der Waals surface area contributed by atoms with Crippen LogP contribution in [0.25, 0.3) is 32.9 Å². The highest BCUT2D eigenvalue weighted by atomic mass is 16.7. The fraction of sp³-hybridized carbons (Fsp3) is 0.182. The van der Waals surface area contributed by atoms with Gasteiger partial charge in [-0.05, 0) is 84.6 Å². The van der Waals surface area contributed by atoms with Crippen molar-refractivity contribution >= 4 is 33.7 Å². The first kappa shape index (κ1) is 35.9. The standard InChI is InChI=1S/C44H34N2O10/c1-26(47)54-33-10-6-8-29(22-33)45-39(48)35-24-37-38(25-36(35)40(45)49)42(51)46(41(37)50)30-9-7-11-34(23-30)56-43(52)55-32-18-14-28(15-19-32)44(20-4-3-5-21-44)27-12-16-31(53-2)17-13-27/h6-19,22-25H,3-5,20-21H2,1-2H3.